The number of nitrogens with one attached hydrogen (secondary N) is 3. The Morgan fingerprint density at radius 3 is 2.62 bits per heavy atom. The maximum atomic E-state index is 11.3. The number of rotatable bonds is 5. The van der Waals surface area contributed by atoms with E-state index in [1.54, 1.807) is 7.05 Å². The molecule has 1 saturated carbocycles. The minimum Gasteiger partial charge on any atom is -0.341 e. The van der Waals surface area contributed by atoms with Crippen molar-refractivity contribution in [1.29, 1.82) is 0 Å². The first kappa shape index (κ1) is 13.3. The van der Waals surface area contributed by atoms with E-state index in [0.717, 1.165) is 25.8 Å². The average molecular weight is 228 g/mol. The third-order valence-corrected chi connectivity index (χ3v) is 3.10. The third-order valence-electron chi connectivity index (χ3n) is 3.10. The Morgan fingerprint density at radius 2 is 2.00 bits per heavy atom. The fourth-order valence-corrected chi connectivity index (χ4v) is 2.18. The Morgan fingerprint density at radius 1 is 1.31 bits per heavy atom. The van der Waals surface area contributed by atoms with Crippen molar-refractivity contribution in [2.24, 2.45) is 5.73 Å². The molecule has 1 fully saturated rings. The highest BCUT2D eigenvalue weighted by molar-refractivity contribution is 5.73. The second kappa shape index (κ2) is 7.46. The molecule has 0 aromatic rings. The number of nitrogens with two attached hydrogens (primary N) is 1. The molecule has 1 aliphatic rings. The smallest absolute Gasteiger partial charge is 0.314 e. The number of hydrogen-bond acceptors (Lipinski definition) is 3. The number of hydrogen-bond donors (Lipinski definition) is 4. The zero-order valence-electron chi connectivity index (χ0n) is 10.1. The van der Waals surface area contributed by atoms with Crippen LogP contribution in [0.2, 0.25) is 0 Å². The number of carbonyl (C=O) groups excluding carboxylic acids is 1. The summed E-state index contributed by atoms with van der Waals surface area (Å²) in [5.74, 6) is 0. The van der Waals surface area contributed by atoms with Crippen LogP contribution < -0.4 is 21.7 Å². The molecule has 5 N–H and O–H groups in total. The minimum atomic E-state index is -0.0856. The molecule has 0 heterocycles. The maximum absolute atomic E-state index is 11.3. The zero-order valence-corrected chi connectivity index (χ0v) is 10.1. The topological polar surface area (TPSA) is 79.2 Å². The molecule has 5 heteroatoms. The molecule has 0 bridgehead atoms. The fraction of sp³-hybridized carbons (Fsp3) is 0.909. The Hall–Kier alpha value is -0.810. The molecule has 16 heavy (non-hydrogen) atoms. The lowest BCUT2D eigenvalue weighted by Crippen LogP contribution is -2.53. The summed E-state index contributed by atoms with van der Waals surface area (Å²) in [5, 5.41) is 9.08. The van der Waals surface area contributed by atoms with Gasteiger partial charge in [-0.3, -0.25) is 0 Å². The zero-order chi connectivity index (χ0) is 11.8. The van der Waals surface area contributed by atoms with Gasteiger partial charge in [0.1, 0.15) is 0 Å². The average Bonchev–Trinajstić information content (AvgIpc) is 2.31. The van der Waals surface area contributed by atoms with E-state index in [-0.39, 0.29) is 12.1 Å². The van der Waals surface area contributed by atoms with Crippen LogP contribution in [0.4, 0.5) is 4.79 Å². The van der Waals surface area contributed by atoms with Crippen LogP contribution in [-0.2, 0) is 0 Å². The van der Waals surface area contributed by atoms with Crippen molar-refractivity contribution in [2.45, 2.75) is 44.2 Å². The molecule has 0 saturated heterocycles. The summed E-state index contributed by atoms with van der Waals surface area (Å²) < 4.78 is 0. The van der Waals surface area contributed by atoms with Gasteiger partial charge in [0.15, 0.2) is 0 Å². The first-order chi connectivity index (χ1) is 7.77. The third kappa shape index (κ3) is 4.37. The van der Waals surface area contributed by atoms with E-state index < -0.39 is 0 Å². The van der Waals surface area contributed by atoms with Crippen LogP contribution in [0.1, 0.15) is 32.1 Å². The van der Waals surface area contributed by atoms with E-state index in [4.69, 9.17) is 5.73 Å². The first-order valence-electron chi connectivity index (χ1n) is 6.19. The van der Waals surface area contributed by atoms with Crippen molar-refractivity contribution >= 4 is 6.03 Å². The fourth-order valence-electron chi connectivity index (χ4n) is 2.18. The second-order valence-corrected chi connectivity index (χ2v) is 4.32. The van der Waals surface area contributed by atoms with Crippen LogP contribution in [0.15, 0.2) is 0 Å². The van der Waals surface area contributed by atoms with Gasteiger partial charge in [-0.1, -0.05) is 12.8 Å². The van der Waals surface area contributed by atoms with E-state index in [9.17, 15) is 4.79 Å². The standard InChI is InChI=1S/C11H24N4O/c1-13-11(16)15-10-6-3-2-5-9(10)14-8-4-7-12/h9-10,14H,2-8,12H2,1H3,(H2,13,15,16)/t9-,10?/m1/s1. The van der Waals surface area contributed by atoms with Gasteiger partial charge in [0.2, 0.25) is 0 Å². The van der Waals surface area contributed by atoms with Gasteiger partial charge >= 0.3 is 6.03 Å². The summed E-state index contributed by atoms with van der Waals surface area (Å²) in [4.78, 5) is 11.3. The number of urea groups is 1. The van der Waals surface area contributed by atoms with Gasteiger partial charge in [-0.2, -0.15) is 0 Å². The molecular formula is C11H24N4O. The first-order valence-corrected chi connectivity index (χ1v) is 6.19. The normalized spacial score (nSPS) is 25.1. The Kier molecular flexibility index (Phi) is 6.18. The summed E-state index contributed by atoms with van der Waals surface area (Å²) in [6.45, 7) is 1.65. The van der Waals surface area contributed by atoms with E-state index in [0.29, 0.717) is 12.6 Å². The molecule has 0 aromatic carbocycles. The van der Waals surface area contributed by atoms with E-state index in [2.05, 4.69) is 16.0 Å². The summed E-state index contributed by atoms with van der Waals surface area (Å²) in [6, 6.07) is 0.571. The highest BCUT2D eigenvalue weighted by Gasteiger charge is 2.25. The van der Waals surface area contributed by atoms with E-state index >= 15 is 0 Å². The van der Waals surface area contributed by atoms with Gasteiger partial charge in [-0.05, 0) is 32.4 Å². The minimum absolute atomic E-state index is 0.0856. The predicted octanol–water partition coefficient (Wildman–Crippen LogP) is 0.165. The number of amides is 2. The van der Waals surface area contributed by atoms with Gasteiger partial charge in [0.05, 0.1) is 0 Å². The van der Waals surface area contributed by atoms with Crippen LogP contribution in [0.25, 0.3) is 0 Å². The predicted molar refractivity (Wildman–Crippen MR) is 65.3 cm³/mol. The van der Waals surface area contributed by atoms with E-state index in [1.165, 1.54) is 12.8 Å². The second-order valence-electron chi connectivity index (χ2n) is 4.32. The van der Waals surface area contributed by atoms with Gasteiger partial charge < -0.3 is 21.7 Å². The van der Waals surface area contributed by atoms with Gasteiger partial charge in [0.25, 0.3) is 0 Å². The van der Waals surface area contributed by atoms with Gasteiger partial charge in [-0.15, -0.1) is 0 Å². The van der Waals surface area contributed by atoms with Crippen LogP contribution in [-0.4, -0.2) is 38.3 Å². The number of carbonyl (C=O) groups is 1. The van der Waals surface area contributed by atoms with Crippen molar-refractivity contribution in [1.82, 2.24) is 16.0 Å². The maximum Gasteiger partial charge on any atom is 0.314 e. The molecule has 1 unspecified atom stereocenters. The Labute approximate surface area is 97.5 Å². The lowest BCUT2D eigenvalue weighted by molar-refractivity contribution is 0.225. The molecule has 0 radical (unpaired) electrons. The van der Waals surface area contributed by atoms with Gasteiger partial charge in [-0.25, -0.2) is 4.79 Å². The van der Waals surface area contributed by atoms with Crippen LogP contribution in [0.5, 0.6) is 0 Å². The van der Waals surface area contributed by atoms with Crippen molar-refractivity contribution in [3.05, 3.63) is 0 Å². The molecule has 5 nitrogen and oxygen atoms in total. The van der Waals surface area contributed by atoms with Gasteiger partial charge in [0, 0.05) is 19.1 Å². The molecule has 2 amide bonds. The molecule has 1 rings (SSSR count). The molecule has 0 aromatic heterocycles. The lowest BCUT2D eigenvalue weighted by Gasteiger charge is -2.32. The lowest BCUT2D eigenvalue weighted by atomic mass is 9.90. The molecular weight excluding hydrogens is 204 g/mol. The SMILES string of the molecule is CNC(=O)NC1CCCC[C@H]1NCCCN. The molecule has 94 valence electrons. The van der Waals surface area contributed by atoms with Crippen molar-refractivity contribution < 1.29 is 4.79 Å². The monoisotopic (exact) mass is 228 g/mol. The summed E-state index contributed by atoms with van der Waals surface area (Å²) in [6.07, 6.45) is 5.63. The van der Waals surface area contributed by atoms with Crippen LogP contribution in [0.3, 0.4) is 0 Å². The largest absolute Gasteiger partial charge is 0.341 e. The summed E-state index contributed by atoms with van der Waals surface area (Å²) in [5.41, 5.74) is 5.46. The van der Waals surface area contributed by atoms with E-state index in [1.807, 2.05) is 0 Å². The molecule has 2 atom stereocenters. The van der Waals surface area contributed by atoms with Crippen molar-refractivity contribution in [3.8, 4) is 0 Å². The van der Waals surface area contributed by atoms with Crippen LogP contribution >= 0.6 is 0 Å². The highest BCUT2D eigenvalue weighted by Crippen LogP contribution is 2.18. The van der Waals surface area contributed by atoms with Crippen molar-refractivity contribution in [3.63, 3.8) is 0 Å². The summed E-state index contributed by atoms with van der Waals surface area (Å²) >= 11 is 0. The Balaban J connectivity index is 2.34. The van der Waals surface area contributed by atoms with Crippen molar-refractivity contribution in [2.75, 3.05) is 20.1 Å². The Bertz CT molecular complexity index is 210. The van der Waals surface area contributed by atoms with Crippen LogP contribution in [0, 0.1) is 0 Å². The quantitative estimate of drug-likeness (QED) is 0.506. The molecule has 0 spiro atoms. The summed E-state index contributed by atoms with van der Waals surface area (Å²) in [7, 11) is 1.65. The highest BCUT2D eigenvalue weighted by atomic mass is 16.2. The molecule has 0 aliphatic heterocycles. The molecule has 1 aliphatic carbocycles.